The van der Waals surface area contributed by atoms with Gasteiger partial charge in [0.2, 0.25) is 17.7 Å². The fourth-order valence-corrected chi connectivity index (χ4v) is 7.45. The van der Waals surface area contributed by atoms with Gasteiger partial charge in [0.25, 0.3) is 0 Å². The van der Waals surface area contributed by atoms with Crippen LogP contribution in [0.25, 0.3) is 0 Å². The van der Waals surface area contributed by atoms with Gasteiger partial charge in [0, 0.05) is 24.9 Å². The molecule has 2 N–H and O–H groups in total. The van der Waals surface area contributed by atoms with Gasteiger partial charge in [-0.3, -0.25) is 14.4 Å². The van der Waals surface area contributed by atoms with E-state index >= 15 is 0 Å². The van der Waals surface area contributed by atoms with Gasteiger partial charge in [0.05, 0.1) is 33.6 Å². The van der Waals surface area contributed by atoms with Crippen molar-refractivity contribution in [1.82, 2.24) is 10.2 Å². The van der Waals surface area contributed by atoms with E-state index in [4.69, 9.17) is 32.7 Å². The number of nitrogens with zero attached hydrogens (tertiary/aromatic N) is 1. The van der Waals surface area contributed by atoms with Crippen LogP contribution in [0.2, 0.25) is 10.0 Å². The molecular weight excluding hydrogens is 529 g/mol. The van der Waals surface area contributed by atoms with Gasteiger partial charge < -0.3 is 25.0 Å². The van der Waals surface area contributed by atoms with E-state index in [9.17, 15) is 14.4 Å². The Morgan fingerprint density at radius 1 is 1.05 bits per heavy atom. The number of likely N-dealkylation sites (tertiary alicyclic amines) is 1. The number of amides is 3. The van der Waals surface area contributed by atoms with Gasteiger partial charge in [-0.15, -0.1) is 0 Å². The van der Waals surface area contributed by atoms with Crippen molar-refractivity contribution in [2.75, 3.05) is 18.5 Å². The topological polar surface area (TPSA) is 97.0 Å². The molecule has 3 saturated heterocycles. The summed E-state index contributed by atoms with van der Waals surface area (Å²) < 4.78 is 12.4. The van der Waals surface area contributed by atoms with Gasteiger partial charge in [-0.2, -0.15) is 0 Å². The molecule has 4 fully saturated rings. The average molecular weight is 562 g/mol. The third kappa shape index (κ3) is 4.24. The molecule has 4 aliphatic heterocycles. The third-order valence-corrected chi connectivity index (χ3v) is 9.63. The maximum atomic E-state index is 14.1. The lowest BCUT2D eigenvalue weighted by molar-refractivity contribution is -0.145. The lowest BCUT2D eigenvalue weighted by Crippen LogP contribution is -2.57. The fraction of sp³-hybridized carbons (Fsp3) is 0.607. The third-order valence-electron chi connectivity index (χ3n) is 8.89. The molecule has 6 atom stereocenters. The number of carbonyl (C=O) groups is 3. The van der Waals surface area contributed by atoms with Crippen LogP contribution >= 0.6 is 23.2 Å². The Morgan fingerprint density at radius 3 is 2.55 bits per heavy atom. The highest BCUT2D eigenvalue weighted by Gasteiger charge is 2.76. The van der Waals surface area contributed by atoms with E-state index < -0.39 is 29.1 Å². The Bertz CT molecular complexity index is 1180. The molecule has 3 amide bonds. The van der Waals surface area contributed by atoms with Gasteiger partial charge in [-0.25, -0.2) is 0 Å². The molecule has 0 aromatic heterocycles. The van der Waals surface area contributed by atoms with E-state index in [0.717, 1.165) is 38.5 Å². The van der Waals surface area contributed by atoms with Crippen molar-refractivity contribution in [2.45, 2.75) is 81.3 Å². The molecule has 1 aromatic carbocycles. The minimum absolute atomic E-state index is 0.0818. The molecule has 204 valence electrons. The van der Waals surface area contributed by atoms with E-state index in [1.54, 1.807) is 23.1 Å². The van der Waals surface area contributed by atoms with Crippen LogP contribution in [0.15, 0.2) is 30.4 Å². The van der Waals surface area contributed by atoms with Crippen molar-refractivity contribution >= 4 is 46.6 Å². The predicted octanol–water partition coefficient (Wildman–Crippen LogP) is 4.10. The summed E-state index contributed by atoms with van der Waals surface area (Å²) in [5.41, 5.74) is -1.77. The van der Waals surface area contributed by atoms with Gasteiger partial charge in [0.1, 0.15) is 11.6 Å². The monoisotopic (exact) mass is 561 g/mol. The van der Waals surface area contributed by atoms with Crippen molar-refractivity contribution in [3.8, 4) is 0 Å². The Labute approximate surface area is 232 Å². The van der Waals surface area contributed by atoms with Crippen LogP contribution in [0, 0.1) is 11.8 Å². The molecule has 2 bridgehead atoms. The molecule has 1 saturated carbocycles. The SMILES string of the molecule is C[C@]12C=C[C@@]3(O1)[C@H](C(=O)NC1CCCCC1)N(C[C@@H]1CCCO1)C(=O)[C@H]3[C@@H]2C(=O)Nc1ccc(Cl)c(Cl)c1. The van der Waals surface area contributed by atoms with Crippen molar-refractivity contribution in [3.05, 3.63) is 40.4 Å². The minimum Gasteiger partial charge on any atom is -0.376 e. The largest absolute Gasteiger partial charge is 0.376 e. The number of carbonyl (C=O) groups excluding carboxylic acids is 3. The molecule has 38 heavy (non-hydrogen) atoms. The van der Waals surface area contributed by atoms with E-state index in [1.165, 1.54) is 6.42 Å². The van der Waals surface area contributed by atoms with Crippen LogP contribution in [0.3, 0.4) is 0 Å². The second-order valence-electron chi connectivity index (χ2n) is 11.4. The number of anilines is 1. The van der Waals surface area contributed by atoms with Crippen LogP contribution in [-0.2, 0) is 23.9 Å². The number of rotatable bonds is 6. The van der Waals surface area contributed by atoms with Crippen LogP contribution in [0.5, 0.6) is 0 Å². The zero-order valence-corrected chi connectivity index (χ0v) is 22.9. The summed E-state index contributed by atoms with van der Waals surface area (Å²) in [5, 5.41) is 6.81. The number of benzene rings is 1. The molecule has 4 heterocycles. The molecule has 1 aliphatic carbocycles. The molecule has 0 radical (unpaired) electrons. The second-order valence-corrected chi connectivity index (χ2v) is 12.2. The quantitative estimate of drug-likeness (QED) is 0.509. The second kappa shape index (κ2) is 9.81. The van der Waals surface area contributed by atoms with Gasteiger partial charge >= 0.3 is 0 Å². The Balaban J connectivity index is 1.32. The first kappa shape index (κ1) is 26.1. The zero-order chi connectivity index (χ0) is 26.7. The first-order valence-corrected chi connectivity index (χ1v) is 14.4. The summed E-state index contributed by atoms with van der Waals surface area (Å²) in [7, 11) is 0. The summed E-state index contributed by atoms with van der Waals surface area (Å²) in [5.74, 6) is -2.48. The van der Waals surface area contributed by atoms with Crippen molar-refractivity contribution in [3.63, 3.8) is 0 Å². The van der Waals surface area contributed by atoms with Crippen molar-refractivity contribution < 1.29 is 23.9 Å². The molecule has 0 unspecified atom stereocenters. The first-order valence-electron chi connectivity index (χ1n) is 13.6. The first-order chi connectivity index (χ1) is 18.2. The van der Waals surface area contributed by atoms with Crippen LogP contribution in [0.4, 0.5) is 5.69 Å². The smallest absolute Gasteiger partial charge is 0.246 e. The summed E-state index contributed by atoms with van der Waals surface area (Å²) in [6.07, 6.45) is 10.5. The minimum atomic E-state index is -1.22. The Morgan fingerprint density at radius 2 is 1.84 bits per heavy atom. The number of hydrogen-bond acceptors (Lipinski definition) is 5. The number of ether oxygens (including phenoxy) is 2. The van der Waals surface area contributed by atoms with Crippen LogP contribution in [-0.4, -0.2) is 65.2 Å². The lowest BCUT2D eigenvalue weighted by Gasteiger charge is -2.35. The zero-order valence-electron chi connectivity index (χ0n) is 21.4. The number of fused-ring (bicyclic) bond motifs is 1. The molecule has 1 aromatic rings. The maximum absolute atomic E-state index is 14.1. The standard InChI is InChI=1S/C28H33Cl2N3O5/c1-27-11-12-28(38-27)22(21(27)24(34)32-17-9-10-19(29)20(30)14-17)26(36)33(15-18-8-5-13-37-18)23(28)25(35)31-16-6-3-2-4-7-16/h9-12,14,16,18,21-23H,2-8,13,15H2,1H3,(H,31,35)(H,32,34)/t18-,21+,22+,23-,27+,28-/m0/s1. The number of hydrogen-bond donors (Lipinski definition) is 2. The molecule has 8 nitrogen and oxygen atoms in total. The highest BCUT2D eigenvalue weighted by molar-refractivity contribution is 6.42. The Kier molecular flexibility index (Phi) is 6.74. The summed E-state index contributed by atoms with van der Waals surface area (Å²) in [4.78, 5) is 43.4. The Hall–Kier alpha value is -2.13. The lowest BCUT2D eigenvalue weighted by atomic mass is 9.70. The predicted molar refractivity (Wildman–Crippen MR) is 143 cm³/mol. The van der Waals surface area contributed by atoms with E-state index in [1.807, 2.05) is 19.1 Å². The molecule has 5 aliphatic rings. The van der Waals surface area contributed by atoms with Crippen LogP contribution < -0.4 is 10.6 Å². The van der Waals surface area contributed by atoms with Crippen molar-refractivity contribution in [2.24, 2.45) is 11.8 Å². The summed E-state index contributed by atoms with van der Waals surface area (Å²) >= 11 is 12.2. The summed E-state index contributed by atoms with van der Waals surface area (Å²) in [6, 6.07) is 4.06. The normalized spacial score (nSPS) is 36.1. The highest BCUT2D eigenvalue weighted by atomic mass is 35.5. The average Bonchev–Trinajstić information content (AvgIpc) is 3.62. The molecule has 1 spiro atoms. The summed E-state index contributed by atoms with van der Waals surface area (Å²) in [6.45, 7) is 2.75. The van der Waals surface area contributed by atoms with Gasteiger partial charge in [-0.1, -0.05) is 54.6 Å². The molecule has 10 heteroatoms. The van der Waals surface area contributed by atoms with Crippen molar-refractivity contribution in [1.29, 1.82) is 0 Å². The van der Waals surface area contributed by atoms with Gasteiger partial charge in [0.15, 0.2) is 0 Å². The van der Waals surface area contributed by atoms with E-state index in [0.29, 0.717) is 28.9 Å². The van der Waals surface area contributed by atoms with Gasteiger partial charge in [-0.05, 0) is 50.8 Å². The van der Waals surface area contributed by atoms with E-state index in [2.05, 4.69) is 10.6 Å². The number of nitrogens with one attached hydrogen (secondary N) is 2. The molecule has 6 rings (SSSR count). The maximum Gasteiger partial charge on any atom is 0.246 e. The number of halogens is 2. The molecular formula is C28H33Cl2N3O5. The highest BCUT2D eigenvalue weighted by Crippen LogP contribution is 2.60. The van der Waals surface area contributed by atoms with Crippen LogP contribution in [0.1, 0.15) is 51.9 Å². The fourth-order valence-electron chi connectivity index (χ4n) is 7.15. The van der Waals surface area contributed by atoms with E-state index in [-0.39, 0.29) is 29.9 Å².